The molecule has 3 amide bonds. The highest BCUT2D eigenvalue weighted by Gasteiger charge is 2.37. The number of benzene rings is 3. The number of fused-ring (bicyclic) bond motifs is 1. The van der Waals surface area contributed by atoms with Gasteiger partial charge in [-0.2, -0.15) is 11.8 Å². The van der Waals surface area contributed by atoms with Crippen molar-refractivity contribution in [2.75, 3.05) is 30.5 Å². The second kappa shape index (κ2) is 14.0. The molecular formula is C30H37N3O6S. The van der Waals surface area contributed by atoms with Crippen molar-refractivity contribution in [3.8, 4) is 5.75 Å². The number of aliphatic hydroxyl groups is 1. The largest absolute Gasteiger partial charge is 0.508 e. The van der Waals surface area contributed by atoms with Crippen molar-refractivity contribution < 1.29 is 29.3 Å². The summed E-state index contributed by atoms with van der Waals surface area (Å²) in [7, 11) is 0. The minimum absolute atomic E-state index is 0.183. The van der Waals surface area contributed by atoms with Gasteiger partial charge in [-0.15, -0.1) is 0 Å². The van der Waals surface area contributed by atoms with Crippen molar-refractivity contribution in [3.63, 3.8) is 0 Å². The van der Waals surface area contributed by atoms with E-state index in [1.807, 2.05) is 42.7 Å². The number of amides is 3. The van der Waals surface area contributed by atoms with E-state index in [1.165, 1.54) is 22.7 Å². The number of alkyl carbamates (subject to hydrolysis) is 1. The fourth-order valence-corrected chi connectivity index (χ4v) is 4.74. The molecule has 3 aromatic rings. The number of carbonyl (C=O) groups is 3. The maximum atomic E-state index is 14.0. The zero-order valence-corrected chi connectivity index (χ0v) is 24.0. The Morgan fingerprint density at radius 3 is 2.33 bits per heavy atom. The lowest BCUT2D eigenvalue weighted by Gasteiger charge is -2.34. The molecule has 0 fully saturated rings. The van der Waals surface area contributed by atoms with Crippen LogP contribution in [0.4, 0.5) is 10.5 Å². The second-order valence-electron chi connectivity index (χ2n) is 10.2. The third-order valence-electron chi connectivity index (χ3n) is 6.03. The molecule has 0 radical (unpaired) electrons. The smallest absolute Gasteiger partial charge is 0.408 e. The van der Waals surface area contributed by atoms with Crippen LogP contribution in [0.3, 0.4) is 0 Å². The third-order valence-corrected chi connectivity index (χ3v) is 6.68. The molecule has 2 atom stereocenters. The molecule has 0 heterocycles. The zero-order chi connectivity index (χ0) is 29.3. The SMILES string of the molecule is CSCCC(NC(=O)OC(C)(C)C)C(=O)N(CCO)C(C(=O)Nc1ccc2ccccc2c1)c1ccccc1O. The summed E-state index contributed by atoms with van der Waals surface area (Å²) in [6.45, 7) is 4.49. The van der Waals surface area contributed by atoms with Gasteiger partial charge in [-0.25, -0.2) is 4.79 Å². The topological polar surface area (TPSA) is 128 Å². The lowest BCUT2D eigenvalue weighted by atomic mass is 10.0. The van der Waals surface area contributed by atoms with Gasteiger partial charge in [-0.05, 0) is 68.2 Å². The minimum Gasteiger partial charge on any atom is -0.508 e. The van der Waals surface area contributed by atoms with E-state index in [-0.39, 0.29) is 24.3 Å². The van der Waals surface area contributed by atoms with Gasteiger partial charge in [-0.3, -0.25) is 9.59 Å². The van der Waals surface area contributed by atoms with Gasteiger partial charge in [0.05, 0.1) is 6.61 Å². The van der Waals surface area contributed by atoms with E-state index in [2.05, 4.69) is 10.6 Å². The van der Waals surface area contributed by atoms with E-state index in [0.717, 1.165) is 10.8 Å². The molecule has 2 unspecified atom stereocenters. The Balaban J connectivity index is 1.99. The maximum Gasteiger partial charge on any atom is 0.408 e. The minimum atomic E-state index is -1.30. The second-order valence-corrected chi connectivity index (χ2v) is 11.2. The molecule has 0 aliphatic rings. The predicted octanol–water partition coefficient (Wildman–Crippen LogP) is 4.69. The normalized spacial score (nSPS) is 12.8. The van der Waals surface area contributed by atoms with Crippen molar-refractivity contribution >= 4 is 46.1 Å². The first-order valence-corrected chi connectivity index (χ1v) is 14.4. The fraction of sp³-hybridized carbons (Fsp3) is 0.367. The number of nitrogens with zero attached hydrogens (tertiary/aromatic N) is 1. The van der Waals surface area contributed by atoms with Crippen molar-refractivity contribution in [2.24, 2.45) is 0 Å². The van der Waals surface area contributed by atoms with Crippen LogP contribution >= 0.6 is 11.8 Å². The summed E-state index contributed by atoms with van der Waals surface area (Å²) in [6, 6.07) is 17.1. The molecule has 214 valence electrons. The number of aliphatic hydroxyl groups excluding tert-OH is 1. The van der Waals surface area contributed by atoms with Crippen LogP contribution in [0, 0.1) is 0 Å². The van der Waals surface area contributed by atoms with Crippen molar-refractivity contribution in [1.29, 1.82) is 0 Å². The molecular weight excluding hydrogens is 530 g/mol. The number of nitrogens with one attached hydrogen (secondary N) is 2. The Hall–Kier alpha value is -3.76. The highest BCUT2D eigenvalue weighted by molar-refractivity contribution is 7.98. The van der Waals surface area contributed by atoms with Gasteiger partial charge in [0.25, 0.3) is 5.91 Å². The number of rotatable bonds is 11. The molecule has 0 aromatic heterocycles. The Kier molecular flexibility index (Phi) is 10.8. The number of thioether (sulfide) groups is 1. The number of para-hydroxylation sites is 1. The predicted molar refractivity (Wildman–Crippen MR) is 158 cm³/mol. The highest BCUT2D eigenvalue weighted by Crippen LogP contribution is 2.31. The maximum absolute atomic E-state index is 14.0. The van der Waals surface area contributed by atoms with Crippen LogP contribution in [0.15, 0.2) is 66.7 Å². The average Bonchev–Trinajstić information content (AvgIpc) is 2.90. The van der Waals surface area contributed by atoms with E-state index in [0.29, 0.717) is 11.4 Å². The number of ether oxygens (including phenoxy) is 1. The molecule has 0 bridgehead atoms. The summed E-state index contributed by atoms with van der Waals surface area (Å²) in [5.74, 6) is -0.808. The summed E-state index contributed by atoms with van der Waals surface area (Å²) < 4.78 is 5.37. The number of carbonyl (C=O) groups excluding carboxylic acids is 3. The van der Waals surface area contributed by atoms with E-state index in [1.54, 1.807) is 45.0 Å². The van der Waals surface area contributed by atoms with Crippen LogP contribution in [0.25, 0.3) is 10.8 Å². The summed E-state index contributed by atoms with van der Waals surface area (Å²) in [6.07, 6.45) is 1.37. The van der Waals surface area contributed by atoms with Gasteiger partial charge in [0.2, 0.25) is 5.91 Å². The Morgan fingerprint density at radius 1 is 1.00 bits per heavy atom. The van der Waals surface area contributed by atoms with Crippen LogP contribution < -0.4 is 10.6 Å². The molecule has 0 saturated carbocycles. The Labute approximate surface area is 238 Å². The monoisotopic (exact) mass is 567 g/mol. The molecule has 0 spiro atoms. The lowest BCUT2D eigenvalue weighted by molar-refractivity contribution is -0.141. The van der Waals surface area contributed by atoms with E-state index >= 15 is 0 Å². The first-order valence-electron chi connectivity index (χ1n) is 13.0. The van der Waals surface area contributed by atoms with Gasteiger partial charge >= 0.3 is 6.09 Å². The first kappa shape index (κ1) is 30.8. The quantitative estimate of drug-likeness (QED) is 0.265. The van der Waals surface area contributed by atoms with E-state index < -0.39 is 42.2 Å². The van der Waals surface area contributed by atoms with Crippen LogP contribution in [-0.2, 0) is 14.3 Å². The molecule has 40 heavy (non-hydrogen) atoms. The molecule has 3 rings (SSSR count). The molecule has 9 nitrogen and oxygen atoms in total. The van der Waals surface area contributed by atoms with Crippen molar-refractivity contribution in [3.05, 3.63) is 72.3 Å². The van der Waals surface area contributed by atoms with Crippen molar-refractivity contribution in [2.45, 2.75) is 44.9 Å². The van der Waals surface area contributed by atoms with Crippen LogP contribution in [0.1, 0.15) is 38.8 Å². The van der Waals surface area contributed by atoms with Crippen molar-refractivity contribution in [1.82, 2.24) is 10.2 Å². The number of aromatic hydroxyl groups is 1. The average molecular weight is 568 g/mol. The Bertz CT molecular complexity index is 1330. The van der Waals surface area contributed by atoms with Crippen LogP contribution in [0.2, 0.25) is 0 Å². The standard InChI is InChI=1S/C30H37N3O6S/c1-30(2,3)39-29(38)32-24(15-18-40-4)28(37)33(16-17-34)26(23-11-7-8-12-25(23)35)27(36)31-22-14-13-20-9-5-6-10-21(20)19-22/h5-14,19,24,26,34-35H,15-18H2,1-4H3,(H,31,36)(H,32,38). The molecule has 3 aromatic carbocycles. The molecule has 10 heteroatoms. The Morgan fingerprint density at radius 2 is 1.68 bits per heavy atom. The summed E-state index contributed by atoms with van der Waals surface area (Å²) >= 11 is 1.50. The molecule has 4 N–H and O–H groups in total. The summed E-state index contributed by atoms with van der Waals surface area (Å²) in [5, 5.41) is 28.1. The fourth-order valence-electron chi connectivity index (χ4n) is 4.26. The van der Waals surface area contributed by atoms with Crippen LogP contribution in [-0.4, -0.2) is 69.8 Å². The molecule has 0 saturated heterocycles. The number of phenolic OH excluding ortho intramolecular Hbond substituents is 1. The van der Waals surface area contributed by atoms with Gasteiger partial charge in [0, 0.05) is 17.8 Å². The third kappa shape index (κ3) is 8.37. The van der Waals surface area contributed by atoms with Gasteiger partial charge in [0.15, 0.2) is 0 Å². The van der Waals surface area contributed by atoms with Gasteiger partial charge < -0.3 is 30.5 Å². The molecule has 0 aliphatic heterocycles. The number of phenols is 1. The lowest BCUT2D eigenvalue weighted by Crippen LogP contribution is -2.53. The van der Waals surface area contributed by atoms with Gasteiger partial charge in [-0.1, -0.05) is 48.5 Å². The molecule has 0 aliphatic carbocycles. The van der Waals surface area contributed by atoms with E-state index in [4.69, 9.17) is 4.74 Å². The first-order chi connectivity index (χ1) is 19.0. The summed E-state index contributed by atoms with van der Waals surface area (Å²) in [4.78, 5) is 41.6. The number of anilines is 1. The highest BCUT2D eigenvalue weighted by atomic mass is 32.2. The van der Waals surface area contributed by atoms with E-state index in [9.17, 15) is 24.6 Å². The van der Waals surface area contributed by atoms with Crippen LogP contribution in [0.5, 0.6) is 5.75 Å². The zero-order valence-electron chi connectivity index (χ0n) is 23.2. The van der Waals surface area contributed by atoms with Gasteiger partial charge in [0.1, 0.15) is 23.4 Å². The number of hydrogen-bond donors (Lipinski definition) is 4. The number of hydrogen-bond acceptors (Lipinski definition) is 7. The summed E-state index contributed by atoms with van der Waals surface area (Å²) in [5.41, 5.74) is -0.0881.